The predicted molar refractivity (Wildman–Crippen MR) is 68.8 cm³/mol. The van der Waals surface area contributed by atoms with Gasteiger partial charge in [0.2, 0.25) is 11.7 Å². The third-order valence-corrected chi connectivity index (χ3v) is 3.79. The van der Waals surface area contributed by atoms with Crippen LogP contribution in [0, 0.1) is 6.92 Å². The first-order valence-corrected chi connectivity index (χ1v) is 7.23. The second-order valence-electron chi connectivity index (χ2n) is 3.84. The van der Waals surface area contributed by atoms with Crippen molar-refractivity contribution < 1.29 is 27.5 Å². The number of furan rings is 1. The molecule has 11 heteroatoms. The lowest BCUT2D eigenvalue weighted by atomic mass is 10.4. The highest BCUT2D eigenvalue weighted by Crippen LogP contribution is 2.22. The van der Waals surface area contributed by atoms with Crippen LogP contribution in [0.4, 0.5) is 5.95 Å². The van der Waals surface area contributed by atoms with Crippen molar-refractivity contribution in [3.8, 4) is 6.01 Å². The standard InChI is InChI=1S/C10H12N4O6S/c1-3-19-10-11-9(12-13-10)14-21(17,18)7-4-6(8(15)16)20-5(7)2/h4H,3H2,1-2H3,(H,15,16)(H2,11,12,13,14). The Labute approximate surface area is 119 Å². The zero-order valence-corrected chi connectivity index (χ0v) is 11.9. The molecule has 0 aliphatic carbocycles. The minimum Gasteiger partial charge on any atom is -0.475 e. The number of carboxylic acid groups (broad SMARTS) is 1. The number of hydrogen-bond donors (Lipinski definition) is 3. The molecule has 3 N–H and O–H groups in total. The van der Waals surface area contributed by atoms with E-state index in [9.17, 15) is 13.2 Å². The second-order valence-corrected chi connectivity index (χ2v) is 5.49. The van der Waals surface area contributed by atoms with E-state index in [1.165, 1.54) is 6.92 Å². The maximum Gasteiger partial charge on any atom is 0.371 e. The number of anilines is 1. The molecule has 0 aliphatic rings. The van der Waals surface area contributed by atoms with Crippen LogP contribution in [-0.2, 0) is 10.0 Å². The average Bonchev–Trinajstić information content (AvgIpc) is 2.96. The quantitative estimate of drug-likeness (QED) is 0.702. The van der Waals surface area contributed by atoms with E-state index in [0.29, 0.717) is 6.61 Å². The number of hydrogen-bond acceptors (Lipinski definition) is 7. The van der Waals surface area contributed by atoms with Gasteiger partial charge < -0.3 is 14.3 Å². The number of H-pyrrole nitrogens is 1. The van der Waals surface area contributed by atoms with Gasteiger partial charge in [-0.1, -0.05) is 0 Å². The Morgan fingerprint density at radius 3 is 2.86 bits per heavy atom. The summed E-state index contributed by atoms with van der Waals surface area (Å²) in [5.74, 6) is -2.04. The fourth-order valence-corrected chi connectivity index (χ4v) is 2.64. The third kappa shape index (κ3) is 3.13. The Hall–Kier alpha value is -2.56. The van der Waals surface area contributed by atoms with Gasteiger partial charge in [-0.2, -0.15) is 4.98 Å². The highest BCUT2D eigenvalue weighted by Gasteiger charge is 2.25. The van der Waals surface area contributed by atoms with E-state index in [2.05, 4.69) is 19.9 Å². The summed E-state index contributed by atoms with van der Waals surface area (Å²) in [5.41, 5.74) is 0. The number of aromatic nitrogens is 3. The van der Waals surface area contributed by atoms with Crippen LogP contribution in [0.3, 0.4) is 0 Å². The number of sulfonamides is 1. The summed E-state index contributed by atoms with van der Waals surface area (Å²) in [4.78, 5) is 14.2. The molecular formula is C10H12N4O6S. The van der Waals surface area contributed by atoms with Crippen molar-refractivity contribution in [2.75, 3.05) is 11.3 Å². The Kier molecular flexibility index (Phi) is 3.84. The van der Waals surface area contributed by atoms with Crippen LogP contribution in [0.15, 0.2) is 15.4 Å². The lowest BCUT2D eigenvalue weighted by Crippen LogP contribution is -2.14. The van der Waals surface area contributed by atoms with Crippen LogP contribution in [-0.4, -0.2) is 41.3 Å². The summed E-state index contributed by atoms with van der Waals surface area (Å²) < 4.78 is 36.2. The van der Waals surface area contributed by atoms with Gasteiger partial charge in [0.25, 0.3) is 10.0 Å². The molecule has 0 fully saturated rings. The van der Waals surface area contributed by atoms with E-state index in [1.54, 1.807) is 6.92 Å². The SMILES string of the molecule is CCOc1n[nH]c(NS(=O)(=O)c2cc(C(=O)O)oc2C)n1. The van der Waals surface area contributed by atoms with Gasteiger partial charge in [-0.3, -0.25) is 0 Å². The zero-order chi connectivity index (χ0) is 15.6. The first kappa shape index (κ1) is 14.8. The predicted octanol–water partition coefficient (Wildman–Crippen LogP) is 0.604. The summed E-state index contributed by atoms with van der Waals surface area (Å²) in [6.45, 7) is 3.39. The van der Waals surface area contributed by atoms with E-state index in [1.807, 2.05) is 0 Å². The van der Waals surface area contributed by atoms with E-state index in [4.69, 9.17) is 14.3 Å². The largest absolute Gasteiger partial charge is 0.475 e. The molecule has 0 radical (unpaired) electrons. The second kappa shape index (κ2) is 5.44. The minimum atomic E-state index is -4.05. The van der Waals surface area contributed by atoms with Crippen molar-refractivity contribution in [1.82, 2.24) is 15.2 Å². The molecule has 0 bridgehead atoms. The summed E-state index contributed by atoms with van der Waals surface area (Å²) in [6, 6.07) is 0.908. The molecule has 0 aliphatic heterocycles. The van der Waals surface area contributed by atoms with Gasteiger partial charge in [0, 0.05) is 6.07 Å². The highest BCUT2D eigenvalue weighted by molar-refractivity contribution is 7.92. The maximum atomic E-state index is 12.1. The monoisotopic (exact) mass is 316 g/mol. The number of aromatic amines is 1. The van der Waals surface area contributed by atoms with Crippen LogP contribution >= 0.6 is 0 Å². The number of aryl methyl sites for hydroxylation is 1. The Morgan fingerprint density at radius 2 is 2.29 bits per heavy atom. The molecule has 114 valence electrons. The van der Waals surface area contributed by atoms with Gasteiger partial charge in [0.05, 0.1) is 6.61 Å². The fraction of sp³-hybridized carbons (Fsp3) is 0.300. The maximum absolute atomic E-state index is 12.1. The first-order chi connectivity index (χ1) is 9.83. The molecule has 2 heterocycles. The molecule has 0 unspecified atom stereocenters. The van der Waals surface area contributed by atoms with E-state index in [0.717, 1.165) is 6.07 Å². The molecule has 0 saturated heterocycles. The van der Waals surface area contributed by atoms with Gasteiger partial charge in [-0.15, -0.1) is 5.10 Å². The van der Waals surface area contributed by atoms with Gasteiger partial charge in [-0.25, -0.2) is 23.0 Å². The molecule has 10 nitrogen and oxygen atoms in total. The molecule has 0 saturated carbocycles. The number of ether oxygens (including phenoxy) is 1. The summed E-state index contributed by atoms with van der Waals surface area (Å²) in [6.07, 6.45) is 0. The number of nitrogens with one attached hydrogen (secondary N) is 2. The number of aromatic carboxylic acids is 1. The third-order valence-electron chi connectivity index (χ3n) is 2.34. The van der Waals surface area contributed by atoms with E-state index in [-0.39, 0.29) is 22.6 Å². The topological polar surface area (TPSA) is 147 Å². The zero-order valence-electron chi connectivity index (χ0n) is 11.1. The van der Waals surface area contributed by atoms with Crippen molar-refractivity contribution in [3.63, 3.8) is 0 Å². The van der Waals surface area contributed by atoms with Gasteiger partial charge in [0.15, 0.2) is 0 Å². The minimum absolute atomic E-state index is 0.00894. The van der Waals surface area contributed by atoms with Crippen molar-refractivity contribution in [2.45, 2.75) is 18.7 Å². The number of rotatable bonds is 6. The molecule has 0 atom stereocenters. The van der Waals surface area contributed by atoms with Crippen LogP contribution in [0.5, 0.6) is 6.01 Å². The van der Waals surface area contributed by atoms with Crippen molar-refractivity contribution in [1.29, 1.82) is 0 Å². The van der Waals surface area contributed by atoms with E-state index >= 15 is 0 Å². The Morgan fingerprint density at radius 1 is 1.57 bits per heavy atom. The molecule has 2 aromatic rings. The highest BCUT2D eigenvalue weighted by atomic mass is 32.2. The molecule has 21 heavy (non-hydrogen) atoms. The van der Waals surface area contributed by atoms with Crippen LogP contribution in [0.25, 0.3) is 0 Å². The fourth-order valence-electron chi connectivity index (χ4n) is 1.51. The summed E-state index contributed by atoms with van der Waals surface area (Å²) >= 11 is 0. The Balaban J connectivity index is 2.27. The van der Waals surface area contributed by atoms with Crippen molar-refractivity contribution >= 4 is 21.9 Å². The lowest BCUT2D eigenvalue weighted by molar-refractivity contribution is 0.0661. The number of carbonyl (C=O) groups is 1. The average molecular weight is 316 g/mol. The van der Waals surface area contributed by atoms with Crippen molar-refractivity contribution in [2.24, 2.45) is 0 Å². The molecule has 2 rings (SSSR count). The van der Waals surface area contributed by atoms with Gasteiger partial charge >= 0.3 is 12.0 Å². The molecule has 0 aromatic carbocycles. The molecule has 2 aromatic heterocycles. The Bertz CT molecular complexity index is 762. The van der Waals surface area contributed by atoms with Crippen LogP contribution < -0.4 is 9.46 Å². The van der Waals surface area contributed by atoms with Gasteiger partial charge in [0.1, 0.15) is 10.7 Å². The van der Waals surface area contributed by atoms with E-state index < -0.39 is 21.8 Å². The van der Waals surface area contributed by atoms with Crippen LogP contribution in [0.1, 0.15) is 23.2 Å². The summed E-state index contributed by atoms with van der Waals surface area (Å²) in [5, 5.41) is 14.8. The van der Waals surface area contributed by atoms with Crippen LogP contribution in [0.2, 0.25) is 0 Å². The first-order valence-electron chi connectivity index (χ1n) is 5.75. The number of nitrogens with zero attached hydrogens (tertiary/aromatic N) is 2. The molecule has 0 spiro atoms. The normalized spacial score (nSPS) is 11.3. The molecule has 0 amide bonds. The lowest BCUT2D eigenvalue weighted by Gasteiger charge is -2.02. The summed E-state index contributed by atoms with van der Waals surface area (Å²) in [7, 11) is -4.05. The molecular weight excluding hydrogens is 304 g/mol. The van der Waals surface area contributed by atoms with Crippen molar-refractivity contribution in [3.05, 3.63) is 17.6 Å². The van der Waals surface area contributed by atoms with Gasteiger partial charge in [-0.05, 0) is 13.8 Å². The number of carboxylic acids is 1. The smallest absolute Gasteiger partial charge is 0.371 e.